The van der Waals surface area contributed by atoms with Gasteiger partial charge in [0.05, 0.1) is 13.2 Å². The van der Waals surface area contributed by atoms with Gasteiger partial charge in [0, 0.05) is 43.6 Å². The van der Waals surface area contributed by atoms with Crippen LogP contribution in [-0.2, 0) is 4.74 Å². The summed E-state index contributed by atoms with van der Waals surface area (Å²) in [5.74, 6) is 0. The lowest BCUT2D eigenvalue weighted by molar-refractivity contribution is 0.0137. The first-order valence-corrected chi connectivity index (χ1v) is 7.25. The van der Waals surface area contributed by atoms with Gasteiger partial charge in [-0.05, 0) is 37.1 Å². The third-order valence-electron chi connectivity index (χ3n) is 4.22. The molecule has 0 radical (unpaired) electrons. The molecule has 104 valence electrons. The zero-order chi connectivity index (χ0) is 13.1. The Bertz CT molecular complexity index is 400. The first kappa shape index (κ1) is 12.8. The number of morpholine rings is 1. The van der Waals surface area contributed by atoms with E-state index >= 15 is 0 Å². The third-order valence-corrected chi connectivity index (χ3v) is 4.22. The number of ether oxygens (including phenoxy) is 1. The molecule has 2 heterocycles. The second kappa shape index (κ2) is 5.80. The Morgan fingerprint density at radius 1 is 1.05 bits per heavy atom. The lowest BCUT2D eigenvalue weighted by atomic mass is 10.0. The minimum absolute atomic E-state index is 0.676. The second-order valence-electron chi connectivity index (χ2n) is 5.48. The summed E-state index contributed by atoms with van der Waals surface area (Å²) in [7, 11) is 0. The Kier molecular flexibility index (Phi) is 3.89. The van der Waals surface area contributed by atoms with Crippen molar-refractivity contribution in [1.82, 2.24) is 4.90 Å². The zero-order valence-electron chi connectivity index (χ0n) is 11.4. The van der Waals surface area contributed by atoms with E-state index in [4.69, 9.17) is 10.5 Å². The Labute approximate surface area is 115 Å². The molecule has 1 unspecified atom stereocenters. The fraction of sp³-hybridized carbons (Fsp3) is 0.600. The van der Waals surface area contributed by atoms with Crippen molar-refractivity contribution in [1.29, 1.82) is 0 Å². The highest BCUT2D eigenvalue weighted by Gasteiger charge is 2.26. The van der Waals surface area contributed by atoms with Crippen molar-refractivity contribution >= 4 is 11.4 Å². The number of nitrogen functional groups attached to an aromatic ring is 1. The topological polar surface area (TPSA) is 41.7 Å². The van der Waals surface area contributed by atoms with Gasteiger partial charge >= 0.3 is 0 Å². The van der Waals surface area contributed by atoms with Crippen LogP contribution in [0.2, 0.25) is 0 Å². The van der Waals surface area contributed by atoms with E-state index in [1.54, 1.807) is 0 Å². The van der Waals surface area contributed by atoms with E-state index in [0.717, 1.165) is 45.1 Å². The van der Waals surface area contributed by atoms with Gasteiger partial charge in [0.15, 0.2) is 0 Å². The van der Waals surface area contributed by atoms with E-state index in [9.17, 15) is 0 Å². The van der Waals surface area contributed by atoms with Gasteiger partial charge in [-0.1, -0.05) is 0 Å². The van der Waals surface area contributed by atoms with E-state index in [0.29, 0.717) is 6.04 Å². The molecule has 2 saturated heterocycles. The third kappa shape index (κ3) is 3.01. The Balaban J connectivity index is 1.65. The summed E-state index contributed by atoms with van der Waals surface area (Å²) in [4.78, 5) is 5.08. The molecule has 4 nitrogen and oxygen atoms in total. The van der Waals surface area contributed by atoms with Crippen LogP contribution in [0.25, 0.3) is 0 Å². The molecule has 0 aromatic heterocycles. The average Bonchev–Trinajstić information content (AvgIpc) is 2.49. The SMILES string of the molecule is Nc1ccc(N2CCCC(N3CCOCC3)C2)cc1. The van der Waals surface area contributed by atoms with Crippen LogP contribution in [0.1, 0.15) is 12.8 Å². The van der Waals surface area contributed by atoms with Gasteiger partial charge in [-0.25, -0.2) is 0 Å². The molecule has 2 aliphatic rings. The molecule has 1 atom stereocenters. The second-order valence-corrected chi connectivity index (χ2v) is 5.48. The molecular weight excluding hydrogens is 238 g/mol. The van der Waals surface area contributed by atoms with Crippen molar-refractivity contribution in [3.63, 3.8) is 0 Å². The van der Waals surface area contributed by atoms with Gasteiger partial charge in [-0.15, -0.1) is 0 Å². The van der Waals surface area contributed by atoms with Crippen LogP contribution in [0.15, 0.2) is 24.3 Å². The molecule has 3 rings (SSSR count). The number of hydrogen-bond acceptors (Lipinski definition) is 4. The zero-order valence-corrected chi connectivity index (χ0v) is 11.4. The molecule has 0 bridgehead atoms. The maximum atomic E-state index is 5.76. The van der Waals surface area contributed by atoms with Crippen molar-refractivity contribution in [3.05, 3.63) is 24.3 Å². The van der Waals surface area contributed by atoms with E-state index < -0.39 is 0 Å². The number of nitrogens with two attached hydrogens (primary N) is 1. The number of benzene rings is 1. The van der Waals surface area contributed by atoms with Crippen LogP contribution in [0.3, 0.4) is 0 Å². The molecule has 4 heteroatoms. The lowest BCUT2D eigenvalue weighted by Gasteiger charge is -2.41. The van der Waals surface area contributed by atoms with Crippen LogP contribution >= 0.6 is 0 Å². The van der Waals surface area contributed by atoms with Crippen LogP contribution < -0.4 is 10.6 Å². The number of nitrogens with zero attached hydrogens (tertiary/aromatic N) is 2. The fourth-order valence-corrected chi connectivity index (χ4v) is 3.12. The van der Waals surface area contributed by atoms with E-state index in [1.165, 1.54) is 18.5 Å². The number of rotatable bonds is 2. The average molecular weight is 261 g/mol. The van der Waals surface area contributed by atoms with E-state index in [1.807, 2.05) is 12.1 Å². The first-order valence-electron chi connectivity index (χ1n) is 7.25. The predicted octanol–water partition coefficient (Wildman–Crippen LogP) is 1.57. The quantitative estimate of drug-likeness (QED) is 0.821. The van der Waals surface area contributed by atoms with Gasteiger partial charge in [0.25, 0.3) is 0 Å². The molecule has 1 aromatic rings. The normalized spacial score (nSPS) is 25.5. The monoisotopic (exact) mass is 261 g/mol. The summed E-state index contributed by atoms with van der Waals surface area (Å²) in [6.45, 7) is 6.23. The minimum Gasteiger partial charge on any atom is -0.399 e. The molecule has 2 aliphatic heterocycles. The summed E-state index contributed by atoms with van der Waals surface area (Å²) >= 11 is 0. The summed E-state index contributed by atoms with van der Waals surface area (Å²) in [6.07, 6.45) is 2.58. The highest BCUT2D eigenvalue weighted by molar-refractivity contribution is 5.53. The van der Waals surface area contributed by atoms with Crippen molar-refractivity contribution < 1.29 is 4.74 Å². The van der Waals surface area contributed by atoms with Crippen molar-refractivity contribution in [2.24, 2.45) is 0 Å². The van der Waals surface area contributed by atoms with Crippen molar-refractivity contribution in [2.45, 2.75) is 18.9 Å². The molecule has 0 saturated carbocycles. The smallest absolute Gasteiger partial charge is 0.0594 e. The predicted molar refractivity (Wildman–Crippen MR) is 78.5 cm³/mol. The molecule has 1 aromatic carbocycles. The molecule has 0 aliphatic carbocycles. The summed E-state index contributed by atoms with van der Waals surface area (Å²) in [5, 5.41) is 0. The highest BCUT2D eigenvalue weighted by atomic mass is 16.5. The Morgan fingerprint density at radius 2 is 1.79 bits per heavy atom. The maximum absolute atomic E-state index is 5.76. The molecule has 19 heavy (non-hydrogen) atoms. The summed E-state index contributed by atoms with van der Waals surface area (Å²) < 4.78 is 5.45. The van der Waals surface area contributed by atoms with Gasteiger partial charge in [0.1, 0.15) is 0 Å². The van der Waals surface area contributed by atoms with Crippen LogP contribution in [-0.4, -0.2) is 50.3 Å². The largest absolute Gasteiger partial charge is 0.399 e. The number of anilines is 2. The van der Waals surface area contributed by atoms with Crippen molar-refractivity contribution in [2.75, 3.05) is 50.0 Å². The van der Waals surface area contributed by atoms with Crippen LogP contribution in [0.4, 0.5) is 11.4 Å². The Hall–Kier alpha value is -1.26. The Morgan fingerprint density at radius 3 is 2.53 bits per heavy atom. The van der Waals surface area contributed by atoms with Crippen LogP contribution in [0.5, 0.6) is 0 Å². The first-order chi connectivity index (χ1) is 9.33. The molecule has 2 N–H and O–H groups in total. The standard InChI is InChI=1S/C15H23N3O/c16-13-3-5-14(6-4-13)18-7-1-2-15(12-18)17-8-10-19-11-9-17/h3-6,15H,1-2,7-12,16H2. The maximum Gasteiger partial charge on any atom is 0.0594 e. The minimum atomic E-state index is 0.676. The van der Waals surface area contributed by atoms with E-state index in [-0.39, 0.29) is 0 Å². The molecule has 0 amide bonds. The van der Waals surface area contributed by atoms with Crippen LogP contribution in [0, 0.1) is 0 Å². The number of piperidine rings is 1. The van der Waals surface area contributed by atoms with E-state index in [2.05, 4.69) is 21.9 Å². The molecule has 0 spiro atoms. The van der Waals surface area contributed by atoms with Gasteiger partial charge in [-0.3, -0.25) is 4.90 Å². The van der Waals surface area contributed by atoms with Gasteiger partial charge in [-0.2, -0.15) is 0 Å². The fourth-order valence-electron chi connectivity index (χ4n) is 3.12. The van der Waals surface area contributed by atoms with Gasteiger partial charge < -0.3 is 15.4 Å². The number of hydrogen-bond donors (Lipinski definition) is 1. The van der Waals surface area contributed by atoms with Crippen molar-refractivity contribution in [3.8, 4) is 0 Å². The van der Waals surface area contributed by atoms with Gasteiger partial charge in [0.2, 0.25) is 0 Å². The molecular formula is C15H23N3O. The summed E-state index contributed by atoms with van der Waals surface area (Å²) in [5.41, 5.74) is 7.90. The molecule has 2 fully saturated rings. The highest BCUT2D eigenvalue weighted by Crippen LogP contribution is 2.23. The summed E-state index contributed by atoms with van der Waals surface area (Å²) in [6, 6.07) is 8.94. The lowest BCUT2D eigenvalue weighted by Crippen LogP contribution is -2.51.